The first kappa shape index (κ1) is 17.7. The molecule has 27 heavy (non-hydrogen) atoms. The molecule has 0 aliphatic carbocycles. The molecule has 0 spiro atoms. The first-order valence-electron chi connectivity index (χ1n) is 9.07. The molecule has 2 aromatic carbocycles. The molecule has 1 aromatic heterocycles. The van der Waals surface area contributed by atoms with Crippen molar-refractivity contribution in [1.82, 2.24) is 15.0 Å². The predicted molar refractivity (Wildman–Crippen MR) is 104 cm³/mol. The summed E-state index contributed by atoms with van der Waals surface area (Å²) < 4.78 is 5.49. The first-order chi connectivity index (χ1) is 13.1. The Morgan fingerprint density at radius 3 is 2.59 bits per heavy atom. The number of likely N-dealkylation sites (tertiary alicyclic amines) is 1. The maximum absolute atomic E-state index is 12.8. The van der Waals surface area contributed by atoms with Crippen molar-refractivity contribution in [2.45, 2.75) is 25.7 Å². The van der Waals surface area contributed by atoms with Crippen LogP contribution in [-0.4, -0.2) is 34.0 Å². The molecule has 5 nitrogen and oxygen atoms in total. The zero-order valence-electron chi connectivity index (χ0n) is 15.1. The molecule has 3 aromatic rings. The second kappa shape index (κ2) is 7.53. The van der Waals surface area contributed by atoms with Crippen molar-refractivity contribution in [2.24, 2.45) is 0 Å². The molecular formula is C21H20ClN3O2. The van der Waals surface area contributed by atoms with Crippen molar-refractivity contribution >= 4 is 17.5 Å². The quantitative estimate of drug-likeness (QED) is 0.658. The number of rotatable bonds is 3. The van der Waals surface area contributed by atoms with Gasteiger partial charge in [0.05, 0.1) is 0 Å². The Kier molecular flexibility index (Phi) is 4.94. The van der Waals surface area contributed by atoms with E-state index in [1.54, 1.807) is 6.07 Å². The lowest BCUT2D eigenvalue weighted by molar-refractivity contribution is 0.0704. The van der Waals surface area contributed by atoms with E-state index in [0.29, 0.717) is 35.4 Å². The fourth-order valence-corrected chi connectivity index (χ4v) is 3.62. The molecule has 6 heteroatoms. The summed E-state index contributed by atoms with van der Waals surface area (Å²) in [4.78, 5) is 19.3. The van der Waals surface area contributed by atoms with Crippen LogP contribution in [0, 0.1) is 6.92 Å². The lowest BCUT2D eigenvalue weighted by Crippen LogP contribution is -2.38. The summed E-state index contributed by atoms with van der Waals surface area (Å²) in [7, 11) is 0. The standard InChI is InChI=1S/C21H20ClN3O2/c1-14-17(8-5-9-18(14)22)21(26)25-12-10-16(11-13-25)20-23-19(24-27-20)15-6-3-2-4-7-15/h2-9,16H,10-13H2,1H3. The Morgan fingerprint density at radius 2 is 1.85 bits per heavy atom. The van der Waals surface area contributed by atoms with E-state index in [1.807, 2.05) is 54.3 Å². The van der Waals surface area contributed by atoms with Crippen LogP contribution in [0.1, 0.15) is 40.6 Å². The van der Waals surface area contributed by atoms with E-state index >= 15 is 0 Å². The van der Waals surface area contributed by atoms with Crippen LogP contribution in [-0.2, 0) is 0 Å². The average molecular weight is 382 g/mol. The Labute approximate surface area is 163 Å². The van der Waals surface area contributed by atoms with Gasteiger partial charge in [0, 0.05) is 35.2 Å². The largest absolute Gasteiger partial charge is 0.339 e. The highest BCUT2D eigenvalue weighted by Crippen LogP contribution is 2.30. The fourth-order valence-electron chi connectivity index (χ4n) is 3.44. The number of benzene rings is 2. The number of carbonyl (C=O) groups excluding carboxylic acids is 1. The van der Waals surface area contributed by atoms with E-state index in [-0.39, 0.29) is 11.8 Å². The Morgan fingerprint density at radius 1 is 1.11 bits per heavy atom. The van der Waals surface area contributed by atoms with Gasteiger partial charge in [-0.25, -0.2) is 0 Å². The van der Waals surface area contributed by atoms with Crippen LogP contribution in [0.15, 0.2) is 53.1 Å². The molecule has 1 fully saturated rings. The third-order valence-electron chi connectivity index (χ3n) is 5.10. The first-order valence-corrected chi connectivity index (χ1v) is 9.44. The molecule has 0 radical (unpaired) electrons. The molecule has 138 valence electrons. The summed E-state index contributed by atoms with van der Waals surface area (Å²) in [6.07, 6.45) is 1.61. The smallest absolute Gasteiger partial charge is 0.254 e. The average Bonchev–Trinajstić information content (AvgIpc) is 3.21. The van der Waals surface area contributed by atoms with Crippen molar-refractivity contribution in [3.63, 3.8) is 0 Å². The SMILES string of the molecule is Cc1c(Cl)cccc1C(=O)N1CCC(c2nc(-c3ccccc3)no2)CC1. The number of aromatic nitrogens is 2. The van der Waals surface area contributed by atoms with Gasteiger partial charge in [0.1, 0.15) is 0 Å². The molecule has 0 N–H and O–H groups in total. The molecule has 2 heterocycles. The van der Waals surface area contributed by atoms with Crippen LogP contribution < -0.4 is 0 Å². The fraction of sp³-hybridized carbons (Fsp3) is 0.286. The van der Waals surface area contributed by atoms with E-state index in [2.05, 4.69) is 10.1 Å². The molecule has 1 saturated heterocycles. The van der Waals surface area contributed by atoms with Gasteiger partial charge in [0.2, 0.25) is 11.7 Å². The third kappa shape index (κ3) is 3.60. The van der Waals surface area contributed by atoms with E-state index in [0.717, 1.165) is 24.0 Å². The van der Waals surface area contributed by atoms with Crippen molar-refractivity contribution in [3.8, 4) is 11.4 Å². The maximum Gasteiger partial charge on any atom is 0.254 e. The lowest BCUT2D eigenvalue weighted by Gasteiger charge is -2.30. The van der Waals surface area contributed by atoms with Gasteiger partial charge in [0.25, 0.3) is 5.91 Å². The molecule has 0 saturated carbocycles. The molecule has 1 amide bonds. The van der Waals surface area contributed by atoms with Gasteiger partial charge in [-0.15, -0.1) is 0 Å². The van der Waals surface area contributed by atoms with Crippen molar-refractivity contribution < 1.29 is 9.32 Å². The molecule has 1 aliphatic rings. The van der Waals surface area contributed by atoms with Crippen LogP contribution in [0.4, 0.5) is 0 Å². The van der Waals surface area contributed by atoms with Gasteiger partial charge >= 0.3 is 0 Å². The number of hydrogen-bond acceptors (Lipinski definition) is 4. The summed E-state index contributed by atoms with van der Waals surface area (Å²) >= 11 is 6.15. The highest BCUT2D eigenvalue weighted by atomic mass is 35.5. The van der Waals surface area contributed by atoms with Crippen LogP contribution in [0.25, 0.3) is 11.4 Å². The highest BCUT2D eigenvalue weighted by molar-refractivity contribution is 6.31. The lowest BCUT2D eigenvalue weighted by atomic mass is 9.95. The van der Waals surface area contributed by atoms with Crippen LogP contribution in [0.3, 0.4) is 0 Å². The number of carbonyl (C=O) groups is 1. The summed E-state index contributed by atoms with van der Waals surface area (Å²) in [5.41, 5.74) is 2.44. The Bertz CT molecular complexity index is 947. The number of amides is 1. The van der Waals surface area contributed by atoms with Crippen LogP contribution in [0.5, 0.6) is 0 Å². The zero-order chi connectivity index (χ0) is 18.8. The van der Waals surface area contributed by atoms with Gasteiger partial charge in [-0.2, -0.15) is 4.98 Å². The predicted octanol–water partition coefficient (Wildman–Crippen LogP) is 4.72. The second-order valence-electron chi connectivity index (χ2n) is 6.80. The van der Waals surface area contributed by atoms with E-state index in [9.17, 15) is 4.79 Å². The number of piperidine rings is 1. The van der Waals surface area contributed by atoms with Crippen LogP contribution in [0.2, 0.25) is 5.02 Å². The second-order valence-corrected chi connectivity index (χ2v) is 7.21. The van der Waals surface area contributed by atoms with Gasteiger partial charge in [-0.1, -0.05) is 53.2 Å². The molecule has 1 aliphatic heterocycles. The topological polar surface area (TPSA) is 59.2 Å². The summed E-state index contributed by atoms with van der Waals surface area (Å²) in [5.74, 6) is 1.47. The minimum Gasteiger partial charge on any atom is -0.339 e. The van der Waals surface area contributed by atoms with Crippen molar-refractivity contribution in [2.75, 3.05) is 13.1 Å². The normalized spacial score (nSPS) is 15.1. The van der Waals surface area contributed by atoms with E-state index in [4.69, 9.17) is 16.1 Å². The van der Waals surface area contributed by atoms with Gasteiger partial charge < -0.3 is 9.42 Å². The molecular weight excluding hydrogens is 362 g/mol. The van der Waals surface area contributed by atoms with Crippen molar-refractivity contribution in [3.05, 3.63) is 70.6 Å². The molecule has 0 atom stereocenters. The third-order valence-corrected chi connectivity index (χ3v) is 5.51. The molecule has 4 rings (SSSR count). The zero-order valence-corrected chi connectivity index (χ0v) is 15.8. The summed E-state index contributed by atoms with van der Waals surface area (Å²) in [6, 6.07) is 15.2. The van der Waals surface area contributed by atoms with Gasteiger partial charge in [0.15, 0.2) is 0 Å². The number of nitrogens with zero attached hydrogens (tertiary/aromatic N) is 3. The minimum absolute atomic E-state index is 0.0314. The van der Waals surface area contributed by atoms with Gasteiger partial charge in [-0.05, 0) is 37.5 Å². The summed E-state index contributed by atoms with van der Waals surface area (Å²) in [5, 5.41) is 4.72. The molecule has 0 unspecified atom stereocenters. The maximum atomic E-state index is 12.8. The summed E-state index contributed by atoms with van der Waals surface area (Å²) in [6.45, 7) is 3.21. The highest BCUT2D eigenvalue weighted by Gasteiger charge is 2.28. The molecule has 0 bridgehead atoms. The minimum atomic E-state index is 0.0314. The Balaban J connectivity index is 1.43. The van der Waals surface area contributed by atoms with Crippen molar-refractivity contribution in [1.29, 1.82) is 0 Å². The monoisotopic (exact) mass is 381 g/mol. The Hall–Kier alpha value is -2.66. The van der Waals surface area contributed by atoms with E-state index < -0.39 is 0 Å². The number of hydrogen-bond donors (Lipinski definition) is 0. The number of halogens is 1. The van der Waals surface area contributed by atoms with Crippen LogP contribution >= 0.6 is 11.6 Å². The van der Waals surface area contributed by atoms with E-state index in [1.165, 1.54) is 0 Å². The van der Waals surface area contributed by atoms with Gasteiger partial charge in [-0.3, -0.25) is 4.79 Å².